The molecule has 0 aliphatic carbocycles. The molecule has 18 heavy (non-hydrogen) atoms. The molecule has 0 spiro atoms. The van der Waals surface area contributed by atoms with Crippen LogP contribution in [0.25, 0.3) is 10.8 Å². The van der Waals surface area contributed by atoms with Gasteiger partial charge in [0.1, 0.15) is 0 Å². The Kier molecular flexibility index (Phi) is 2.57. The van der Waals surface area contributed by atoms with Crippen LogP contribution in [0, 0.1) is 0 Å². The van der Waals surface area contributed by atoms with E-state index < -0.39 is 0 Å². The summed E-state index contributed by atoms with van der Waals surface area (Å²) in [6.45, 7) is 0. The van der Waals surface area contributed by atoms with Gasteiger partial charge in [-0.3, -0.25) is 14.8 Å². The molecule has 0 radical (unpaired) electrons. The van der Waals surface area contributed by atoms with Crippen LogP contribution in [-0.4, -0.2) is 15.8 Å². The van der Waals surface area contributed by atoms with Crippen molar-refractivity contribution in [3.05, 3.63) is 72.3 Å². The Hall–Kier alpha value is -2.55. The minimum absolute atomic E-state index is 0.00852. The molecule has 0 aliphatic heterocycles. The van der Waals surface area contributed by atoms with Crippen molar-refractivity contribution in [2.75, 3.05) is 0 Å². The number of carbonyl (C=O) groups is 1. The minimum Gasteiger partial charge on any atom is -0.289 e. The quantitative estimate of drug-likeness (QED) is 0.640. The Morgan fingerprint density at radius 2 is 1.67 bits per heavy atom. The Bertz CT molecular complexity index is 703. The first-order valence-corrected chi connectivity index (χ1v) is 5.64. The van der Waals surface area contributed by atoms with E-state index in [9.17, 15) is 4.79 Å². The summed E-state index contributed by atoms with van der Waals surface area (Å²) in [4.78, 5) is 20.4. The number of ketones is 1. The normalized spacial score (nSPS) is 10.4. The highest BCUT2D eigenvalue weighted by Gasteiger charge is 2.11. The van der Waals surface area contributed by atoms with Gasteiger partial charge >= 0.3 is 0 Å². The van der Waals surface area contributed by atoms with Gasteiger partial charge in [-0.1, -0.05) is 18.2 Å². The summed E-state index contributed by atoms with van der Waals surface area (Å²) in [5, 5.41) is 1.90. The van der Waals surface area contributed by atoms with Gasteiger partial charge in [0.2, 0.25) is 0 Å². The number of nitrogens with zero attached hydrogens (tertiary/aromatic N) is 2. The molecule has 3 heteroatoms. The maximum Gasteiger partial charge on any atom is 0.193 e. The first-order chi connectivity index (χ1) is 8.86. The fraction of sp³-hybridized carbons (Fsp3) is 0. The summed E-state index contributed by atoms with van der Waals surface area (Å²) in [7, 11) is 0. The second-order valence-electron chi connectivity index (χ2n) is 3.97. The molecule has 0 unspecified atom stereocenters. The van der Waals surface area contributed by atoms with Gasteiger partial charge in [-0.2, -0.15) is 0 Å². The lowest BCUT2D eigenvalue weighted by Gasteiger charge is -2.05. The standard InChI is InChI=1S/C15H10N2O/c18-15(11-4-7-16-8-5-11)14-3-1-2-12-10-17-9-6-13(12)14/h1-10H. The van der Waals surface area contributed by atoms with E-state index >= 15 is 0 Å². The number of benzene rings is 1. The highest BCUT2D eigenvalue weighted by Crippen LogP contribution is 2.20. The minimum atomic E-state index is 0.00852. The number of fused-ring (bicyclic) bond motifs is 1. The molecule has 0 N–H and O–H groups in total. The maximum absolute atomic E-state index is 12.4. The van der Waals surface area contributed by atoms with Gasteiger partial charge in [0, 0.05) is 41.3 Å². The average molecular weight is 234 g/mol. The smallest absolute Gasteiger partial charge is 0.193 e. The van der Waals surface area contributed by atoms with Crippen LogP contribution in [0.2, 0.25) is 0 Å². The van der Waals surface area contributed by atoms with Gasteiger partial charge in [0.05, 0.1) is 0 Å². The van der Waals surface area contributed by atoms with E-state index in [1.165, 1.54) is 0 Å². The van der Waals surface area contributed by atoms with Crippen LogP contribution in [0.5, 0.6) is 0 Å². The molecule has 0 aliphatic rings. The maximum atomic E-state index is 12.4. The van der Waals surface area contributed by atoms with Gasteiger partial charge in [-0.15, -0.1) is 0 Å². The first-order valence-electron chi connectivity index (χ1n) is 5.64. The summed E-state index contributed by atoms with van der Waals surface area (Å²) < 4.78 is 0. The lowest BCUT2D eigenvalue weighted by molar-refractivity contribution is 0.104. The van der Waals surface area contributed by atoms with Crippen LogP contribution < -0.4 is 0 Å². The predicted octanol–water partition coefficient (Wildman–Crippen LogP) is 2.86. The Morgan fingerprint density at radius 1 is 0.889 bits per heavy atom. The van der Waals surface area contributed by atoms with Crippen molar-refractivity contribution >= 4 is 16.6 Å². The van der Waals surface area contributed by atoms with Crippen molar-refractivity contribution in [3.8, 4) is 0 Å². The number of hydrogen-bond donors (Lipinski definition) is 0. The molecular weight excluding hydrogens is 224 g/mol. The van der Waals surface area contributed by atoms with E-state index in [0.717, 1.165) is 10.8 Å². The third kappa shape index (κ3) is 1.76. The molecule has 1 aromatic carbocycles. The molecule has 0 saturated carbocycles. The Morgan fingerprint density at radius 3 is 2.50 bits per heavy atom. The van der Waals surface area contributed by atoms with Crippen LogP contribution in [0.3, 0.4) is 0 Å². The average Bonchev–Trinajstić information content (AvgIpc) is 2.47. The number of aromatic nitrogens is 2. The van der Waals surface area contributed by atoms with Crippen LogP contribution in [0.1, 0.15) is 15.9 Å². The van der Waals surface area contributed by atoms with Crippen molar-refractivity contribution in [1.82, 2.24) is 9.97 Å². The zero-order valence-electron chi connectivity index (χ0n) is 9.58. The summed E-state index contributed by atoms with van der Waals surface area (Å²) >= 11 is 0. The van der Waals surface area contributed by atoms with E-state index in [0.29, 0.717) is 11.1 Å². The molecule has 2 heterocycles. The molecule has 0 atom stereocenters. The zero-order valence-corrected chi connectivity index (χ0v) is 9.58. The molecule has 2 aromatic heterocycles. The third-order valence-electron chi connectivity index (χ3n) is 2.87. The van der Waals surface area contributed by atoms with E-state index in [2.05, 4.69) is 9.97 Å². The lowest BCUT2D eigenvalue weighted by atomic mass is 9.99. The molecule has 0 amide bonds. The van der Waals surface area contributed by atoms with Crippen molar-refractivity contribution in [1.29, 1.82) is 0 Å². The van der Waals surface area contributed by atoms with Crippen LogP contribution in [0.4, 0.5) is 0 Å². The number of hydrogen-bond acceptors (Lipinski definition) is 3. The largest absolute Gasteiger partial charge is 0.289 e. The van der Waals surface area contributed by atoms with Crippen molar-refractivity contribution in [2.45, 2.75) is 0 Å². The van der Waals surface area contributed by atoms with Crippen LogP contribution >= 0.6 is 0 Å². The van der Waals surface area contributed by atoms with Crippen LogP contribution in [0.15, 0.2) is 61.2 Å². The molecular formula is C15H10N2O. The molecule has 3 rings (SSSR count). The molecule has 86 valence electrons. The summed E-state index contributed by atoms with van der Waals surface area (Å²) in [6.07, 6.45) is 6.71. The van der Waals surface area contributed by atoms with E-state index in [1.807, 2.05) is 24.3 Å². The highest BCUT2D eigenvalue weighted by molar-refractivity contribution is 6.16. The van der Waals surface area contributed by atoms with Gasteiger partial charge < -0.3 is 0 Å². The number of rotatable bonds is 2. The topological polar surface area (TPSA) is 42.9 Å². The van der Waals surface area contributed by atoms with Gasteiger partial charge in [-0.05, 0) is 23.6 Å². The van der Waals surface area contributed by atoms with Gasteiger partial charge in [0.15, 0.2) is 5.78 Å². The fourth-order valence-corrected chi connectivity index (χ4v) is 1.98. The van der Waals surface area contributed by atoms with Gasteiger partial charge in [-0.25, -0.2) is 0 Å². The highest BCUT2D eigenvalue weighted by atomic mass is 16.1. The number of carbonyl (C=O) groups excluding carboxylic acids is 1. The van der Waals surface area contributed by atoms with E-state index in [-0.39, 0.29) is 5.78 Å². The van der Waals surface area contributed by atoms with Crippen molar-refractivity contribution < 1.29 is 4.79 Å². The summed E-state index contributed by atoms with van der Waals surface area (Å²) in [6, 6.07) is 11.0. The monoisotopic (exact) mass is 234 g/mol. The van der Waals surface area contributed by atoms with Crippen LogP contribution in [-0.2, 0) is 0 Å². The second-order valence-corrected chi connectivity index (χ2v) is 3.97. The Labute approximate surface area is 104 Å². The zero-order chi connectivity index (χ0) is 12.4. The number of pyridine rings is 2. The van der Waals surface area contributed by atoms with Crippen molar-refractivity contribution in [2.24, 2.45) is 0 Å². The lowest BCUT2D eigenvalue weighted by Crippen LogP contribution is -2.02. The molecule has 3 nitrogen and oxygen atoms in total. The summed E-state index contributed by atoms with van der Waals surface area (Å²) in [5.74, 6) is 0.00852. The summed E-state index contributed by atoms with van der Waals surface area (Å²) in [5.41, 5.74) is 1.34. The molecule has 0 fully saturated rings. The van der Waals surface area contributed by atoms with E-state index in [1.54, 1.807) is 36.9 Å². The van der Waals surface area contributed by atoms with Crippen molar-refractivity contribution in [3.63, 3.8) is 0 Å². The third-order valence-corrected chi connectivity index (χ3v) is 2.87. The van der Waals surface area contributed by atoms with Gasteiger partial charge in [0.25, 0.3) is 0 Å². The second kappa shape index (κ2) is 4.37. The molecule has 3 aromatic rings. The van der Waals surface area contributed by atoms with E-state index in [4.69, 9.17) is 0 Å². The molecule has 0 saturated heterocycles. The predicted molar refractivity (Wildman–Crippen MR) is 69.4 cm³/mol. The fourth-order valence-electron chi connectivity index (χ4n) is 1.98. The Balaban J connectivity index is 2.18. The molecule has 0 bridgehead atoms. The SMILES string of the molecule is O=C(c1ccncc1)c1cccc2cnccc12. The first kappa shape index (κ1) is 10.6.